The van der Waals surface area contributed by atoms with Crippen LogP contribution in [0.1, 0.15) is 15.9 Å². The topological polar surface area (TPSA) is 98.0 Å². The second-order valence-electron chi connectivity index (χ2n) is 4.98. The lowest BCUT2D eigenvalue weighted by Crippen LogP contribution is -2.26. The largest absolute Gasteiger partial charge is 0.494 e. The molecule has 0 saturated heterocycles. The van der Waals surface area contributed by atoms with Gasteiger partial charge in [0.05, 0.1) is 5.56 Å². The summed E-state index contributed by atoms with van der Waals surface area (Å²) in [5.74, 6) is -0.712. The smallest absolute Gasteiger partial charge is 0.251 e. The predicted molar refractivity (Wildman–Crippen MR) is 83.1 cm³/mol. The first-order chi connectivity index (χ1) is 10.6. The molecule has 3 aromatic rings. The lowest BCUT2D eigenvalue weighted by molar-refractivity contribution is 0.0953. The number of carbonyl (C=O) groups is 1. The number of fused-ring (bicyclic) bond motifs is 1. The summed E-state index contributed by atoms with van der Waals surface area (Å²) in [6.45, 7) is 0.439. The number of para-hydroxylation sites is 1. The van der Waals surface area contributed by atoms with Crippen LogP contribution in [0.3, 0.4) is 0 Å². The van der Waals surface area contributed by atoms with Crippen molar-refractivity contribution in [1.29, 1.82) is 0 Å². The number of carbonyl (C=O) groups excluding carboxylic acids is 1. The third-order valence-corrected chi connectivity index (χ3v) is 3.45. The van der Waals surface area contributed by atoms with Gasteiger partial charge in [0.15, 0.2) is 5.88 Å². The van der Waals surface area contributed by atoms with E-state index in [1.807, 2.05) is 30.5 Å². The molecule has 2 aromatic heterocycles. The summed E-state index contributed by atoms with van der Waals surface area (Å²) in [7, 11) is 0. The highest BCUT2D eigenvalue weighted by molar-refractivity contribution is 5.94. The molecule has 0 aliphatic carbocycles. The number of nitrogens with one attached hydrogen (secondary N) is 3. The monoisotopic (exact) mass is 297 g/mol. The van der Waals surface area contributed by atoms with Crippen molar-refractivity contribution in [3.05, 3.63) is 64.1 Å². The molecule has 0 atom stereocenters. The third-order valence-electron chi connectivity index (χ3n) is 3.45. The minimum atomic E-state index is -0.512. The Morgan fingerprint density at radius 3 is 2.86 bits per heavy atom. The number of aromatic nitrogens is 2. The number of hydrogen-bond donors (Lipinski definition) is 4. The van der Waals surface area contributed by atoms with E-state index in [-0.39, 0.29) is 17.4 Å². The van der Waals surface area contributed by atoms with Crippen LogP contribution in [0.25, 0.3) is 10.9 Å². The van der Waals surface area contributed by atoms with Crippen molar-refractivity contribution in [2.24, 2.45) is 0 Å². The van der Waals surface area contributed by atoms with E-state index < -0.39 is 5.56 Å². The maximum Gasteiger partial charge on any atom is 0.251 e. The van der Waals surface area contributed by atoms with Crippen LogP contribution in [0.4, 0.5) is 0 Å². The van der Waals surface area contributed by atoms with Gasteiger partial charge >= 0.3 is 0 Å². The van der Waals surface area contributed by atoms with Gasteiger partial charge in [0.25, 0.3) is 11.5 Å². The van der Waals surface area contributed by atoms with Crippen LogP contribution in [-0.2, 0) is 6.42 Å². The van der Waals surface area contributed by atoms with Gasteiger partial charge < -0.3 is 15.4 Å². The van der Waals surface area contributed by atoms with E-state index in [0.717, 1.165) is 22.5 Å². The Hall–Kier alpha value is -3.02. The Morgan fingerprint density at radius 2 is 2.05 bits per heavy atom. The fourth-order valence-electron chi connectivity index (χ4n) is 2.41. The zero-order valence-electron chi connectivity index (χ0n) is 11.7. The SMILES string of the molecule is O=C(NCCc1c[nH]c2ccccc12)c1cc(O)[nH]c(=O)c1. The average Bonchev–Trinajstić information content (AvgIpc) is 2.90. The first kappa shape index (κ1) is 13.9. The summed E-state index contributed by atoms with van der Waals surface area (Å²) in [6, 6.07) is 10.3. The predicted octanol–water partition coefficient (Wildman–Crippen LogP) is 1.53. The zero-order valence-corrected chi connectivity index (χ0v) is 11.7. The highest BCUT2D eigenvalue weighted by Crippen LogP contribution is 2.17. The van der Waals surface area contributed by atoms with Crippen molar-refractivity contribution >= 4 is 16.8 Å². The fourth-order valence-corrected chi connectivity index (χ4v) is 2.41. The fraction of sp³-hybridized carbons (Fsp3) is 0.125. The number of aromatic amines is 2. The Balaban J connectivity index is 1.65. The summed E-state index contributed by atoms with van der Waals surface area (Å²) >= 11 is 0. The number of hydrogen-bond acceptors (Lipinski definition) is 3. The van der Waals surface area contributed by atoms with Gasteiger partial charge in [-0.05, 0) is 18.1 Å². The standard InChI is InChI=1S/C16H15N3O3/c20-14-7-11(8-15(21)19-14)16(22)17-6-5-10-9-18-13-4-2-1-3-12(10)13/h1-4,7-9,18H,5-6H2,(H,17,22)(H2,19,20,21). The molecule has 112 valence electrons. The van der Waals surface area contributed by atoms with Crippen molar-refractivity contribution in [2.75, 3.05) is 6.54 Å². The number of pyridine rings is 1. The molecular formula is C16H15N3O3. The van der Waals surface area contributed by atoms with E-state index >= 15 is 0 Å². The first-order valence-corrected chi connectivity index (χ1v) is 6.90. The van der Waals surface area contributed by atoms with Gasteiger partial charge in [-0.1, -0.05) is 18.2 Å². The molecule has 4 N–H and O–H groups in total. The molecule has 0 saturated carbocycles. The first-order valence-electron chi connectivity index (χ1n) is 6.90. The van der Waals surface area contributed by atoms with Crippen molar-refractivity contribution in [3.8, 4) is 5.88 Å². The van der Waals surface area contributed by atoms with Gasteiger partial charge in [0.1, 0.15) is 0 Å². The van der Waals surface area contributed by atoms with Crippen LogP contribution in [0.2, 0.25) is 0 Å². The van der Waals surface area contributed by atoms with Gasteiger partial charge in [-0.2, -0.15) is 0 Å². The maximum absolute atomic E-state index is 12.0. The third kappa shape index (κ3) is 2.85. The quantitative estimate of drug-likeness (QED) is 0.588. The summed E-state index contributed by atoms with van der Waals surface area (Å²) in [4.78, 5) is 28.5. The summed E-state index contributed by atoms with van der Waals surface area (Å²) < 4.78 is 0. The van der Waals surface area contributed by atoms with Gasteiger partial charge in [-0.3, -0.25) is 14.6 Å². The number of aromatic hydroxyl groups is 1. The van der Waals surface area contributed by atoms with Gasteiger partial charge in [-0.25, -0.2) is 0 Å². The zero-order chi connectivity index (χ0) is 15.5. The minimum absolute atomic E-state index is 0.139. The molecule has 22 heavy (non-hydrogen) atoms. The summed E-state index contributed by atoms with van der Waals surface area (Å²) in [6.07, 6.45) is 2.60. The number of H-pyrrole nitrogens is 2. The molecule has 0 radical (unpaired) electrons. The Morgan fingerprint density at radius 1 is 1.23 bits per heavy atom. The minimum Gasteiger partial charge on any atom is -0.494 e. The lowest BCUT2D eigenvalue weighted by atomic mass is 10.1. The van der Waals surface area contributed by atoms with Crippen LogP contribution in [0.15, 0.2) is 47.4 Å². The molecule has 0 fully saturated rings. The van der Waals surface area contributed by atoms with E-state index in [9.17, 15) is 14.7 Å². The molecule has 0 bridgehead atoms. The van der Waals surface area contributed by atoms with E-state index in [4.69, 9.17) is 0 Å². The van der Waals surface area contributed by atoms with Crippen molar-refractivity contribution in [3.63, 3.8) is 0 Å². The molecule has 2 heterocycles. The van der Waals surface area contributed by atoms with Crippen LogP contribution in [-0.4, -0.2) is 27.5 Å². The second-order valence-corrected chi connectivity index (χ2v) is 4.98. The molecule has 1 aromatic carbocycles. The number of amides is 1. The lowest BCUT2D eigenvalue weighted by Gasteiger charge is -2.05. The van der Waals surface area contributed by atoms with Crippen LogP contribution in [0.5, 0.6) is 5.88 Å². The summed E-state index contributed by atoms with van der Waals surface area (Å²) in [5.41, 5.74) is 1.80. The van der Waals surface area contributed by atoms with Crippen molar-refractivity contribution < 1.29 is 9.90 Å². The Kier molecular flexibility index (Phi) is 3.65. The molecule has 0 unspecified atom stereocenters. The van der Waals surface area contributed by atoms with E-state index in [1.54, 1.807) is 0 Å². The van der Waals surface area contributed by atoms with Crippen LogP contribution >= 0.6 is 0 Å². The molecule has 1 amide bonds. The van der Waals surface area contributed by atoms with E-state index in [1.165, 1.54) is 6.07 Å². The Labute approximate surface area is 125 Å². The molecule has 3 rings (SSSR count). The number of benzene rings is 1. The van der Waals surface area contributed by atoms with Gasteiger partial charge in [0.2, 0.25) is 0 Å². The maximum atomic E-state index is 12.0. The molecule has 0 aliphatic rings. The van der Waals surface area contributed by atoms with E-state index in [0.29, 0.717) is 13.0 Å². The van der Waals surface area contributed by atoms with Crippen molar-refractivity contribution in [2.45, 2.75) is 6.42 Å². The molecule has 6 heteroatoms. The highest BCUT2D eigenvalue weighted by atomic mass is 16.3. The Bertz CT molecular complexity index is 879. The van der Waals surface area contributed by atoms with E-state index in [2.05, 4.69) is 15.3 Å². The molecule has 0 spiro atoms. The van der Waals surface area contributed by atoms with Crippen LogP contribution < -0.4 is 10.9 Å². The van der Waals surface area contributed by atoms with Crippen LogP contribution in [0, 0.1) is 0 Å². The average molecular weight is 297 g/mol. The number of rotatable bonds is 4. The van der Waals surface area contributed by atoms with Gasteiger partial charge in [-0.15, -0.1) is 0 Å². The summed E-state index contributed by atoms with van der Waals surface area (Å²) in [5, 5.41) is 13.2. The van der Waals surface area contributed by atoms with Crippen molar-refractivity contribution in [1.82, 2.24) is 15.3 Å². The highest BCUT2D eigenvalue weighted by Gasteiger charge is 2.08. The normalized spacial score (nSPS) is 10.7. The second kappa shape index (κ2) is 5.77. The molecular weight excluding hydrogens is 282 g/mol. The van der Waals surface area contributed by atoms with Gasteiger partial charge in [0, 0.05) is 35.8 Å². The molecule has 6 nitrogen and oxygen atoms in total. The molecule has 0 aliphatic heterocycles.